The van der Waals surface area contributed by atoms with Crippen LogP contribution >= 0.6 is 0 Å². The fourth-order valence-corrected chi connectivity index (χ4v) is 2.51. The molecule has 0 aromatic heterocycles. The molecule has 0 saturated heterocycles. The largest absolute Gasteiger partial charge is 0.507 e. The van der Waals surface area contributed by atoms with Gasteiger partial charge in [0.25, 0.3) is 0 Å². The van der Waals surface area contributed by atoms with E-state index in [1.807, 2.05) is 26.8 Å². The lowest BCUT2D eigenvalue weighted by Gasteiger charge is -2.19. The van der Waals surface area contributed by atoms with E-state index < -0.39 is 5.41 Å². The third-order valence-corrected chi connectivity index (χ3v) is 3.64. The van der Waals surface area contributed by atoms with E-state index in [9.17, 15) is 9.90 Å². The minimum atomic E-state index is -0.680. The first kappa shape index (κ1) is 12.7. The van der Waals surface area contributed by atoms with Crippen LogP contribution < -0.4 is 5.32 Å². The first-order chi connectivity index (χ1) is 8.43. The molecule has 0 aliphatic carbocycles. The van der Waals surface area contributed by atoms with Crippen molar-refractivity contribution >= 4 is 11.6 Å². The number of phenols is 1. The summed E-state index contributed by atoms with van der Waals surface area (Å²) < 4.78 is 0. The second-order valence-electron chi connectivity index (χ2n) is 5.22. The van der Waals surface area contributed by atoms with Gasteiger partial charge >= 0.3 is 0 Å². The number of hydrogen-bond acceptors (Lipinski definition) is 2. The quantitative estimate of drug-likeness (QED) is 0.804. The summed E-state index contributed by atoms with van der Waals surface area (Å²) in [5.41, 5.74) is 2.74. The lowest BCUT2D eigenvalue weighted by Crippen LogP contribution is -2.27. The number of anilines is 1. The number of benzene rings is 1. The minimum Gasteiger partial charge on any atom is -0.507 e. The Morgan fingerprint density at radius 1 is 1.44 bits per heavy atom. The normalized spacial score (nSPS) is 16.3. The summed E-state index contributed by atoms with van der Waals surface area (Å²) in [6.07, 6.45) is 3.19. The number of carbonyl (C=O) groups is 1. The van der Waals surface area contributed by atoms with E-state index in [2.05, 4.69) is 11.9 Å². The SMILES string of the molecule is C=CCc1cc(CC)c2c(c1O)C(C)(C)C(=O)N2. The smallest absolute Gasteiger partial charge is 0.234 e. The molecule has 1 amide bonds. The van der Waals surface area contributed by atoms with Gasteiger partial charge in [-0.2, -0.15) is 0 Å². The van der Waals surface area contributed by atoms with E-state index in [0.717, 1.165) is 28.8 Å². The molecular formula is C15H19NO2. The second kappa shape index (κ2) is 4.16. The summed E-state index contributed by atoms with van der Waals surface area (Å²) in [4.78, 5) is 12.0. The van der Waals surface area contributed by atoms with E-state index in [-0.39, 0.29) is 11.7 Å². The molecule has 1 aromatic rings. The number of phenolic OH excluding ortho intramolecular Hbond substituents is 1. The zero-order valence-electron chi connectivity index (χ0n) is 11.1. The van der Waals surface area contributed by atoms with Gasteiger partial charge in [0.1, 0.15) is 5.75 Å². The Morgan fingerprint density at radius 2 is 2.11 bits per heavy atom. The Bertz CT molecular complexity index is 530. The van der Waals surface area contributed by atoms with E-state index in [1.54, 1.807) is 6.08 Å². The molecule has 96 valence electrons. The van der Waals surface area contributed by atoms with Crippen LogP contribution in [0.3, 0.4) is 0 Å². The average Bonchev–Trinajstić information content (AvgIpc) is 2.55. The predicted octanol–water partition coefficient (Wildman–Crippen LogP) is 2.91. The monoisotopic (exact) mass is 245 g/mol. The molecule has 0 bridgehead atoms. The fraction of sp³-hybridized carbons (Fsp3) is 0.400. The van der Waals surface area contributed by atoms with Crippen LogP contribution in [0.15, 0.2) is 18.7 Å². The number of rotatable bonds is 3. The molecule has 3 nitrogen and oxygen atoms in total. The lowest BCUT2D eigenvalue weighted by atomic mass is 9.83. The maximum atomic E-state index is 12.0. The van der Waals surface area contributed by atoms with Gasteiger partial charge in [0, 0.05) is 5.56 Å². The molecule has 1 aromatic carbocycles. The number of aromatic hydroxyl groups is 1. The molecule has 2 N–H and O–H groups in total. The number of carbonyl (C=O) groups excluding carboxylic acids is 1. The Hall–Kier alpha value is -1.77. The number of aryl methyl sites for hydroxylation is 1. The molecule has 0 unspecified atom stereocenters. The van der Waals surface area contributed by atoms with Crippen molar-refractivity contribution in [1.29, 1.82) is 0 Å². The highest BCUT2D eigenvalue weighted by Crippen LogP contribution is 2.46. The standard InChI is InChI=1S/C15H19NO2/c1-5-7-10-8-9(6-2)12-11(13(10)17)15(3,4)14(18)16-12/h5,8,17H,1,6-7H2,2-4H3,(H,16,18). The Kier molecular flexibility index (Phi) is 2.93. The van der Waals surface area contributed by atoms with E-state index in [4.69, 9.17) is 0 Å². The van der Waals surface area contributed by atoms with Gasteiger partial charge in [-0.1, -0.05) is 13.0 Å². The summed E-state index contributed by atoms with van der Waals surface area (Å²) in [6.45, 7) is 9.42. The fourth-order valence-electron chi connectivity index (χ4n) is 2.51. The molecule has 0 spiro atoms. The van der Waals surface area contributed by atoms with Crippen LogP contribution in [0.25, 0.3) is 0 Å². The second-order valence-corrected chi connectivity index (χ2v) is 5.22. The van der Waals surface area contributed by atoms with Gasteiger partial charge < -0.3 is 10.4 Å². The number of nitrogens with one attached hydrogen (secondary N) is 1. The minimum absolute atomic E-state index is 0.0572. The molecule has 1 aliphatic heterocycles. The summed E-state index contributed by atoms with van der Waals surface area (Å²) in [5, 5.41) is 13.3. The van der Waals surface area contributed by atoms with Crippen LogP contribution in [0.1, 0.15) is 37.5 Å². The number of fused-ring (bicyclic) bond motifs is 1. The van der Waals surface area contributed by atoms with Gasteiger partial charge in [-0.05, 0) is 43.9 Å². The highest BCUT2D eigenvalue weighted by Gasteiger charge is 2.42. The van der Waals surface area contributed by atoms with Gasteiger partial charge in [-0.15, -0.1) is 6.58 Å². The van der Waals surface area contributed by atoms with Crippen molar-refractivity contribution in [3.8, 4) is 5.75 Å². The van der Waals surface area contributed by atoms with Crippen LogP contribution in [0.4, 0.5) is 5.69 Å². The Morgan fingerprint density at radius 3 is 2.67 bits per heavy atom. The molecule has 1 aliphatic rings. The van der Waals surface area contributed by atoms with Crippen LogP contribution in [-0.2, 0) is 23.1 Å². The highest BCUT2D eigenvalue weighted by molar-refractivity contribution is 6.07. The van der Waals surface area contributed by atoms with Crippen molar-refractivity contribution in [3.63, 3.8) is 0 Å². The summed E-state index contributed by atoms with van der Waals surface area (Å²) in [5.74, 6) is 0.170. The maximum absolute atomic E-state index is 12.0. The van der Waals surface area contributed by atoms with Gasteiger partial charge in [0.2, 0.25) is 5.91 Å². The van der Waals surface area contributed by atoms with Crippen LogP contribution in [0, 0.1) is 0 Å². The summed E-state index contributed by atoms with van der Waals surface area (Å²) in [6, 6.07) is 1.96. The topological polar surface area (TPSA) is 49.3 Å². The molecule has 0 atom stereocenters. The molecule has 0 radical (unpaired) electrons. The van der Waals surface area contributed by atoms with Gasteiger partial charge in [-0.3, -0.25) is 4.79 Å². The lowest BCUT2D eigenvalue weighted by molar-refractivity contribution is -0.119. The van der Waals surface area contributed by atoms with E-state index >= 15 is 0 Å². The average molecular weight is 245 g/mol. The first-order valence-electron chi connectivity index (χ1n) is 6.24. The van der Waals surface area contributed by atoms with Gasteiger partial charge in [0.05, 0.1) is 11.1 Å². The molecule has 18 heavy (non-hydrogen) atoms. The summed E-state index contributed by atoms with van der Waals surface area (Å²) in [7, 11) is 0. The Balaban J connectivity index is 2.73. The molecule has 3 heteroatoms. The molecule has 0 saturated carbocycles. The van der Waals surface area contributed by atoms with Crippen LogP contribution in [-0.4, -0.2) is 11.0 Å². The van der Waals surface area contributed by atoms with E-state index in [1.165, 1.54) is 0 Å². The van der Waals surface area contributed by atoms with Crippen molar-refractivity contribution in [2.45, 2.75) is 39.0 Å². The predicted molar refractivity (Wildman–Crippen MR) is 73.0 cm³/mol. The van der Waals surface area contributed by atoms with Crippen LogP contribution in [0.2, 0.25) is 0 Å². The summed E-state index contributed by atoms with van der Waals surface area (Å²) >= 11 is 0. The van der Waals surface area contributed by atoms with Crippen LogP contribution in [0.5, 0.6) is 5.75 Å². The molecule has 2 rings (SSSR count). The molecule has 0 fully saturated rings. The molecular weight excluding hydrogens is 226 g/mol. The highest BCUT2D eigenvalue weighted by atomic mass is 16.3. The van der Waals surface area contributed by atoms with Gasteiger partial charge in [-0.25, -0.2) is 0 Å². The van der Waals surface area contributed by atoms with Gasteiger partial charge in [0.15, 0.2) is 0 Å². The molecule has 1 heterocycles. The zero-order chi connectivity index (χ0) is 13.5. The van der Waals surface area contributed by atoms with E-state index in [0.29, 0.717) is 6.42 Å². The van der Waals surface area contributed by atoms with Crippen molar-refractivity contribution in [2.75, 3.05) is 5.32 Å². The number of hydrogen-bond donors (Lipinski definition) is 2. The van der Waals surface area contributed by atoms with Crippen molar-refractivity contribution in [1.82, 2.24) is 0 Å². The zero-order valence-corrected chi connectivity index (χ0v) is 11.1. The maximum Gasteiger partial charge on any atom is 0.234 e. The van der Waals surface area contributed by atoms with Crippen molar-refractivity contribution in [2.24, 2.45) is 0 Å². The van der Waals surface area contributed by atoms with Crippen molar-refractivity contribution < 1.29 is 9.90 Å². The Labute approximate surface area is 108 Å². The third kappa shape index (κ3) is 1.62. The number of amides is 1. The van der Waals surface area contributed by atoms with Crippen molar-refractivity contribution in [3.05, 3.63) is 35.4 Å². The number of allylic oxidation sites excluding steroid dienone is 1. The first-order valence-corrected chi connectivity index (χ1v) is 6.24. The third-order valence-electron chi connectivity index (χ3n) is 3.64.